The summed E-state index contributed by atoms with van der Waals surface area (Å²) in [6, 6.07) is 24.5. The Kier molecular flexibility index (Phi) is 8.27. The second kappa shape index (κ2) is 10.2. The highest BCUT2D eigenvalue weighted by Gasteiger charge is 2.06. The van der Waals surface area contributed by atoms with E-state index < -0.39 is 0 Å². The molecule has 1 heterocycles. The summed E-state index contributed by atoms with van der Waals surface area (Å²) in [5.74, 6) is 0.255. The summed E-state index contributed by atoms with van der Waals surface area (Å²) in [6.07, 6.45) is 0.667. The summed E-state index contributed by atoms with van der Waals surface area (Å²) >= 11 is 0. The molecular weight excluding hydrogens is 340 g/mol. The van der Waals surface area contributed by atoms with Crippen LogP contribution in [0.15, 0.2) is 77.2 Å². The Balaban J connectivity index is 0.000000468. The highest BCUT2D eigenvalue weighted by atomic mass is 19.0. The van der Waals surface area contributed by atoms with Gasteiger partial charge in [0.15, 0.2) is 0 Å². The monoisotopic (exact) mass is 362 g/mol. The molecule has 4 aromatic rings. The van der Waals surface area contributed by atoms with Gasteiger partial charge in [-0.15, -0.1) is 0 Å². The van der Waals surface area contributed by atoms with Crippen LogP contribution in [0.25, 0.3) is 21.9 Å². The fourth-order valence-electron chi connectivity index (χ4n) is 2.49. The van der Waals surface area contributed by atoms with Crippen molar-refractivity contribution in [2.75, 3.05) is 5.32 Å². The van der Waals surface area contributed by atoms with Gasteiger partial charge >= 0.3 is 0 Å². The second-order valence-electron chi connectivity index (χ2n) is 5.86. The van der Waals surface area contributed by atoms with Crippen molar-refractivity contribution in [2.24, 2.45) is 0 Å². The van der Waals surface area contributed by atoms with Gasteiger partial charge in [-0.25, -0.2) is 0 Å². The number of anilines is 2. The van der Waals surface area contributed by atoms with E-state index in [1.807, 2.05) is 55.5 Å². The van der Waals surface area contributed by atoms with E-state index >= 15 is 0 Å². The van der Waals surface area contributed by atoms with Crippen molar-refractivity contribution in [3.05, 3.63) is 72.8 Å². The lowest BCUT2D eigenvalue weighted by molar-refractivity contribution is -0.116. The summed E-state index contributed by atoms with van der Waals surface area (Å²) < 4.78 is 5.83. The molecule has 0 amide bonds. The van der Waals surface area contributed by atoms with Crippen LogP contribution in [0.4, 0.5) is 16.1 Å². The molecule has 4 rings (SSSR count). The third kappa shape index (κ3) is 5.45. The average Bonchev–Trinajstić information content (AvgIpc) is 3.01. The van der Waals surface area contributed by atoms with Gasteiger partial charge in [0, 0.05) is 37.0 Å². The minimum atomic E-state index is 0. The molecule has 0 atom stereocenters. The van der Waals surface area contributed by atoms with Crippen molar-refractivity contribution < 1.29 is 13.9 Å². The molecule has 3 nitrogen and oxygen atoms in total. The summed E-state index contributed by atoms with van der Waals surface area (Å²) in [4.78, 5) is 9.81. The van der Waals surface area contributed by atoms with Gasteiger partial charge in [0.2, 0.25) is 0 Å². The van der Waals surface area contributed by atoms with Crippen LogP contribution >= 0.6 is 0 Å². The molecule has 1 aromatic heterocycles. The van der Waals surface area contributed by atoms with Crippen molar-refractivity contribution in [1.29, 1.82) is 0 Å². The lowest BCUT2D eigenvalue weighted by atomic mass is 10.1. The molecule has 5 heteroatoms. The Morgan fingerprint density at radius 1 is 0.852 bits per heavy atom. The largest absolute Gasteiger partial charge is 0.456 e. The fraction of sp³-hybridized carbons (Fsp3) is 0.136. The van der Waals surface area contributed by atoms with Gasteiger partial charge in [-0.3, -0.25) is 4.70 Å². The smallest absolute Gasteiger partial charge is 0.135 e. The Bertz CT molecular complexity index is 999. The first-order chi connectivity index (χ1) is 12.2. The first-order valence-electron chi connectivity index (χ1n) is 8.40. The molecule has 0 aliphatic rings. The summed E-state index contributed by atoms with van der Waals surface area (Å²) in [6.45, 7) is 3.43. The minimum Gasteiger partial charge on any atom is -0.456 e. The molecule has 0 bridgehead atoms. The molecule has 1 N–H and O–H groups in total. The predicted octanol–water partition coefficient (Wildman–Crippen LogP) is 6.09. The van der Waals surface area contributed by atoms with Gasteiger partial charge in [0.05, 0.1) is 0 Å². The van der Waals surface area contributed by atoms with E-state index in [-0.39, 0.29) is 18.9 Å². The Hall–Kier alpha value is -3.08. The zero-order chi connectivity index (χ0) is 17.6. The quantitative estimate of drug-likeness (QED) is 0.449. The molecule has 0 unspecified atom stereocenters. The highest BCUT2D eigenvalue weighted by Crippen LogP contribution is 2.31. The maximum atomic E-state index is 9.81. The van der Waals surface area contributed by atoms with Crippen molar-refractivity contribution >= 4 is 47.5 Å². The van der Waals surface area contributed by atoms with Gasteiger partial charge in [-0.05, 0) is 43.3 Å². The third-order valence-corrected chi connectivity index (χ3v) is 3.94. The van der Waals surface area contributed by atoms with Crippen LogP contribution in [0, 0.1) is 0 Å². The molecule has 0 aliphatic heterocycles. The van der Waals surface area contributed by atoms with Gasteiger partial charge in [-0.2, -0.15) is 0 Å². The van der Waals surface area contributed by atoms with Crippen molar-refractivity contribution in [3.63, 3.8) is 0 Å². The Morgan fingerprint density at radius 2 is 1.44 bits per heavy atom. The molecule has 137 valence electrons. The van der Waals surface area contributed by atoms with Crippen LogP contribution in [0.1, 0.15) is 20.3 Å². The normalized spacial score (nSPS) is 9.56. The maximum Gasteiger partial charge on any atom is 0.135 e. The van der Waals surface area contributed by atoms with Gasteiger partial charge < -0.3 is 14.5 Å². The van der Waals surface area contributed by atoms with Crippen LogP contribution in [0.3, 0.4) is 0 Å². The van der Waals surface area contributed by atoms with Gasteiger partial charge in [0.25, 0.3) is 0 Å². The molecule has 3 aromatic carbocycles. The topological polar surface area (TPSA) is 42.2 Å². The standard InChI is InChI=1S/C18H13NO.C4H8O.B.FH/c1-2-6-13(7-3-1)19-14-10-11-18-16(12-14)15-8-4-5-9-17(15)20-18;1-3-4(2)5;;/h1-12,19H;3H2,1-2H3;;1H. The number of hydrogen-bond acceptors (Lipinski definition) is 3. The van der Waals surface area contributed by atoms with Crippen molar-refractivity contribution in [2.45, 2.75) is 20.3 Å². The minimum absolute atomic E-state index is 0. The lowest BCUT2D eigenvalue weighted by Gasteiger charge is -2.05. The summed E-state index contributed by atoms with van der Waals surface area (Å²) in [7, 11) is 0. The number of furan rings is 1. The number of fused-ring (bicyclic) bond motifs is 3. The van der Waals surface area contributed by atoms with Crippen LogP contribution in [-0.2, 0) is 4.79 Å². The second-order valence-corrected chi connectivity index (χ2v) is 5.86. The number of carbonyl (C=O) groups is 1. The van der Waals surface area contributed by atoms with Gasteiger partial charge in [-0.1, -0.05) is 43.3 Å². The number of para-hydroxylation sites is 2. The molecule has 3 radical (unpaired) electrons. The zero-order valence-electron chi connectivity index (χ0n) is 15.4. The predicted molar refractivity (Wildman–Crippen MR) is 113 cm³/mol. The summed E-state index contributed by atoms with van der Waals surface area (Å²) in [5.41, 5.74) is 4.00. The van der Waals surface area contributed by atoms with E-state index in [2.05, 4.69) is 29.6 Å². The Labute approximate surface area is 160 Å². The molecule has 0 saturated carbocycles. The number of Topliss-reactive ketones (excluding diaryl/α,β-unsaturated/α-hetero) is 1. The molecule has 0 fully saturated rings. The van der Waals surface area contributed by atoms with Crippen LogP contribution < -0.4 is 5.32 Å². The number of benzene rings is 3. The lowest BCUT2D eigenvalue weighted by Crippen LogP contribution is -1.88. The van der Waals surface area contributed by atoms with Crippen LogP contribution in [0.2, 0.25) is 0 Å². The van der Waals surface area contributed by atoms with Gasteiger partial charge in [0.1, 0.15) is 16.9 Å². The highest BCUT2D eigenvalue weighted by molar-refractivity contribution is 6.06. The van der Waals surface area contributed by atoms with Crippen LogP contribution in [0.5, 0.6) is 0 Å². The van der Waals surface area contributed by atoms with E-state index in [0.717, 1.165) is 33.3 Å². The number of nitrogens with one attached hydrogen (secondary N) is 1. The first kappa shape index (κ1) is 22.0. The number of halogens is 1. The third-order valence-electron chi connectivity index (χ3n) is 3.94. The summed E-state index contributed by atoms with van der Waals surface area (Å²) in [5, 5.41) is 5.70. The number of hydrogen-bond donors (Lipinski definition) is 1. The first-order valence-corrected chi connectivity index (χ1v) is 8.40. The van der Waals surface area contributed by atoms with Crippen LogP contribution in [-0.4, -0.2) is 14.2 Å². The average molecular weight is 362 g/mol. The van der Waals surface area contributed by atoms with E-state index in [1.54, 1.807) is 6.92 Å². The molecule has 0 aliphatic carbocycles. The van der Waals surface area contributed by atoms with Crippen molar-refractivity contribution in [1.82, 2.24) is 0 Å². The SMILES string of the molecule is CCC(C)=O.F.[B].c1ccc(Nc2ccc3oc4ccccc4c3c2)cc1. The molecule has 0 spiro atoms. The van der Waals surface area contributed by atoms with E-state index in [9.17, 15) is 4.79 Å². The molecular formula is C22H22BFNO2. The Morgan fingerprint density at radius 3 is 2.11 bits per heavy atom. The van der Waals surface area contributed by atoms with E-state index in [1.165, 1.54) is 0 Å². The maximum absolute atomic E-state index is 9.81. The van der Waals surface area contributed by atoms with Crippen molar-refractivity contribution in [3.8, 4) is 0 Å². The molecule has 27 heavy (non-hydrogen) atoms. The van der Waals surface area contributed by atoms with E-state index in [4.69, 9.17) is 4.42 Å². The number of ketones is 1. The zero-order valence-corrected chi connectivity index (χ0v) is 15.4. The fourth-order valence-corrected chi connectivity index (χ4v) is 2.49. The number of rotatable bonds is 3. The number of carbonyl (C=O) groups excluding carboxylic acids is 1. The molecule has 0 saturated heterocycles. The van der Waals surface area contributed by atoms with E-state index in [0.29, 0.717) is 6.42 Å².